The molecule has 2 heteroatoms. The minimum atomic E-state index is 0.118. The zero-order valence-electron chi connectivity index (χ0n) is 32.9. The van der Waals surface area contributed by atoms with Gasteiger partial charge in [0.05, 0.1) is 5.69 Å². The largest absolute Gasteiger partial charge is 0.309 e. The zero-order valence-corrected chi connectivity index (χ0v) is 33.7. The van der Waals surface area contributed by atoms with Crippen LogP contribution < -0.4 is 4.90 Å². The topological polar surface area (TPSA) is 3.24 Å². The normalized spacial score (nSPS) is 32.0. The van der Waals surface area contributed by atoms with Crippen molar-refractivity contribution < 1.29 is 0 Å². The van der Waals surface area contributed by atoms with Crippen molar-refractivity contribution in [3.8, 4) is 22.3 Å². The molecule has 13 rings (SSSR count). The first-order chi connectivity index (χ1) is 27.2. The van der Waals surface area contributed by atoms with Crippen LogP contribution in [0.1, 0.15) is 75.6 Å². The van der Waals surface area contributed by atoms with Gasteiger partial charge in [0.25, 0.3) is 0 Å². The van der Waals surface area contributed by atoms with Gasteiger partial charge in [-0.3, -0.25) is 0 Å². The highest BCUT2D eigenvalue weighted by molar-refractivity contribution is 7.99. The molecular weight excluding hydrogens is 695 g/mol. The molecule has 6 aromatic carbocycles. The third-order valence-corrected chi connectivity index (χ3v) is 18.1. The molecule has 0 amide bonds. The van der Waals surface area contributed by atoms with E-state index < -0.39 is 0 Å². The molecule has 7 aliphatic rings. The van der Waals surface area contributed by atoms with Gasteiger partial charge in [0.15, 0.2) is 0 Å². The predicted molar refractivity (Wildman–Crippen MR) is 231 cm³/mol. The summed E-state index contributed by atoms with van der Waals surface area (Å²) >= 11 is 2.05. The Kier molecular flexibility index (Phi) is 6.21. The lowest BCUT2D eigenvalue weighted by molar-refractivity contribution is -0.200. The van der Waals surface area contributed by atoms with Crippen molar-refractivity contribution in [2.24, 2.45) is 40.9 Å². The average molecular weight is 744 g/mol. The van der Waals surface area contributed by atoms with Crippen molar-refractivity contribution in [2.75, 3.05) is 4.90 Å². The van der Waals surface area contributed by atoms with E-state index in [1.54, 1.807) is 11.1 Å². The molecule has 1 nitrogen and oxygen atoms in total. The maximum absolute atomic E-state index is 2.63. The van der Waals surface area contributed by atoms with Crippen LogP contribution in [0.5, 0.6) is 0 Å². The number of hydrogen-bond acceptors (Lipinski definition) is 2. The number of rotatable bonds is 5. The third kappa shape index (κ3) is 3.86. The van der Waals surface area contributed by atoms with Crippen LogP contribution in [-0.2, 0) is 16.2 Å². The summed E-state index contributed by atoms with van der Waals surface area (Å²) in [7, 11) is 0. The highest BCUT2D eigenvalue weighted by Crippen LogP contribution is 3.01. The lowest BCUT2D eigenvalue weighted by atomic mass is 9.29. The minimum absolute atomic E-state index is 0.118. The van der Waals surface area contributed by atoms with Crippen LogP contribution >= 0.6 is 11.8 Å². The Morgan fingerprint density at radius 2 is 1.20 bits per heavy atom. The average Bonchev–Trinajstić information content (AvgIpc) is 3.70. The summed E-state index contributed by atoms with van der Waals surface area (Å²) in [6, 6.07) is 53.8. The molecule has 1 aliphatic heterocycles. The predicted octanol–water partition coefficient (Wildman–Crippen LogP) is 14.1. The lowest BCUT2D eigenvalue weighted by Gasteiger charge is -2.74. The molecule has 0 saturated heterocycles. The number of fused-ring (bicyclic) bond motifs is 11. The van der Waals surface area contributed by atoms with E-state index in [0.29, 0.717) is 5.41 Å². The molecule has 276 valence electrons. The molecule has 2 spiro atoms. The number of anilines is 3. The molecule has 1 heterocycles. The van der Waals surface area contributed by atoms with Crippen molar-refractivity contribution in [1.82, 2.24) is 0 Å². The number of nitrogens with zero attached hydrogens (tertiary/aromatic N) is 1. The van der Waals surface area contributed by atoms with Gasteiger partial charge in [0.2, 0.25) is 0 Å². The van der Waals surface area contributed by atoms with E-state index in [4.69, 9.17) is 0 Å². The summed E-state index contributed by atoms with van der Waals surface area (Å²) in [6.07, 6.45) is 5.37. The van der Waals surface area contributed by atoms with Gasteiger partial charge in [0, 0.05) is 26.6 Å². The van der Waals surface area contributed by atoms with E-state index in [0.717, 1.165) is 35.5 Å². The van der Waals surface area contributed by atoms with Crippen molar-refractivity contribution in [3.05, 3.63) is 162 Å². The summed E-state index contributed by atoms with van der Waals surface area (Å²) in [6.45, 7) is 9.82. The fraction of sp³-hybridized carbons (Fsp3) is 0.333. The van der Waals surface area contributed by atoms with Gasteiger partial charge in [0.1, 0.15) is 0 Å². The van der Waals surface area contributed by atoms with Crippen molar-refractivity contribution in [2.45, 2.75) is 79.4 Å². The zero-order chi connectivity index (χ0) is 37.3. The van der Waals surface area contributed by atoms with Gasteiger partial charge in [-0.1, -0.05) is 143 Å². The maximum Gasteiger partial charge on any atom is 0.0604 e. The van der Waals surface area contributed by atoms with E-state index in [9.17, 15) is 0 Å². The van der Waals surface area contributed by atoms with Gasteiger partial charge >= 0.3 is 0 Å². The maximum atomic E-state index is 2.63. The Morgan fingerprint density at radius 1 is 0.554 bits per heavy atom. The van der Waals surface area contributed by atoms with E-state index in [-0.39, 0.29) is 16.2 Å². The first-order valence-electron chi connectivity index (χ1n) is 21.3. The van der Waals surface area contributed by atoms with Crippen LogP contribution in [0.15, 0.2) is 149 Å². The fourth-order valence-corrected chi connectivity index (χ4v) is 16.0. The molecule has 0 N–H and O–H groups in total. The van der Waals surface area contributed by atoms with E-state index in [1.807, 2.05) is 0 Å². The van der Waals surface area contributed by atoms with Crippen molar-refractivity contribution >= 4 is 28.8 Å². The van der Waals surface area contributed by atoms with Crippen LogP contribution in [0.2, 0.25) is 0 Å². The summed E-state index contributed by atoms with van der Waals surface area (Å²) in [5, 5.41) is 0. The summed E-state index contributed by atoms with van der Waals surface area (Å²) in [5.74, 6) is 5.55. The number of benzene rings is 6. The Morgan fingerprint density at radius 3 is 1.93 bits per heavy atom. The molecular formula is C54H49NS. The van der Waals surface area contributed by atoms with Crippen molar-refractivity contribution in [1.29, 1.82) is 0 Å². The molecule has 56 heavy (non-hydrogen) atoms. The standard InChI is InChI=1S/C54H49NS/c1-51(2)26-27-52(3,4)42-30-38(23-25-39(42)51)55(37-21-18-34(19-22-37)32-12-7-5-8-13-32)43-17-11-16-41-49(43)56-44-28-35(33-14-9-6-10-15-33)20-24-40(44)54(41)45-29-36-31-53(45)48-46(36)47(48)50(53)54/h5-25,28,30,36,45-48,50H,26-27,29,31H2,1-4H3. The van der Waals surface area contributed by atoms with Gasteiger partial charge < -0.3 is 4.90 Å². The second-order valence-electron chi connectivity index (χ2n) is 20.0. The molecule has 6 aromatic rings. The van der Waals surface area contributed by atoms with Crippen LogP contribution in [0.4, 0.5) is 17.1 Å². The quantitative estimate of drug-likeness (QED) is 0.173. The first-order valence-corrected chi connectivity index (χ1v) is 22.2. The summed E-state index contributed by atoms with van der Waals surface area (Å²) in [4.78, 5) is 5.60. The van der Waals surface area contributed by atoms with Crippen LogP contribution in [0.25, 0.3) is 22.3 Å². The molecule has 6 aliphatic carbocycles. The minimum Gasteiger partial charge on any atom is -0.309 e. The monoisotopic (exact) mass is 743 g/mol. The second kappa shape index (κ2) is 10.7. The van der Waals surface area contributed by atoms with Gasteiger partial charge in [-0.2, -0.15) is 0 Å². The van der Waals surface area contributed by atoms with E-state index in [2.05, 4.69) is 184 Å². The first kappa shape index (κ1) is 32.5. The molecule has 0 aromatic heterocycles. The summed E-state index contributed by atoms with van der Waals surface area (Å²) in [5.41, 5.74) is 16.3. The van der Waals surface area contributed by atoms with Crippen LogP contribution in [-0.4, -0.2) is 0 Å². The van der Waals surface area contributed by atoms with E-state index >= 15 is 0 Å². The smallest absolute Gasteiger partial charge is 0.0604 e. The van der Waals surface area contributed by atoms with Crippen molar-refractivity contribution in [3.63, 3.8) is 0 Å². The Labute approximate surface area is 336 Å². The highest BCUT2D eigenvalue weighted by Gasteiger charge is 2.98. The van der Waals surface area contributed by atoms with E-state index in [1.165, 1.54) is 85.9 Å². The highest BCUT2D eigenvalue weighted by atomic mass is 32.2. The van der Waals surface area contributed by atoms with Gasteiger partial charge in [-0.25, -0.2) is 0 Å². The fourth-order valence-electron chi connectivity index (χ4n) is 14.7. The van der Waals surface area contributed by atoms with Crippen LogP contribution in [0.3, 0.4) is 0 Å². The van der Waals surface area contributed by atoms with Gasteiger partial charge in [-0.05, 0) is 158 Å². The Bertz CT molecular complexity index is 2610. The third-order valence-electron chi connectivity index (χ3n) is 16.9. The Hall–Kier alpha value is -4.53. The molecule has 0 radical (unpaired) electrons. The second-order valence-corrected chi connectivity index (χ2v) is 21.0. The molecule has 2 bridgehead atoms. The Balaban J connectivity index is 1.03. The lowest BCUT2D eigenvalue weighted by Crippen LogP contribution is -2.72. The summed E-state index contributed by atoms with van der Waals surface area (Å²) < 4.78 is 0. The van der Waals surface area contributed by atoms with Crippen LogP contribution in [0, 0.1) is 40.9 Å². The molecule has 8 unspecified atom stereocenters. The SMILES string of the molecule is CC1(C)CCC(C)(C)c2cc(N(c3ccc(-c4ccccc4)cc3)c3cccc4c3Sc3cc(-c5ccccc5)ccc3C43C4CC5CC46C4C5C4C36)ccc21. The number of hydrogen-bond donors (Lipinski definition) is 0. The molecule has 5 fully saturated rings. The van der Waals surface area contributed by atoms with Gasteiger partial charge in [-0.15, -0.1) is 0 Å². The molecule has 5 saturated carbocycles. The molecule has 8 atom stereocenters.